The third-order valence-corrected chi connectivity index (χ3v) is 10.6. The molecule has 0 bridgehead atoms. The van der Waals surface area contributed by atoms with Crippen LogP contribution in [0.1, 0.15) is 62.3 Å². The number of hydrogen-bond donors (Lipinski definition) is 4. The average molecular weight is 756 g/mol. The Balaban J connectivity index is 1.52. The first-order valence-electron chi connectivity index (χ1n) is 17.5. The van der Waals surface area contributed by atoms with E-state index in [1.807, 2.05) is 91.0 Å². The fourth-order valence-electron chi connectivity index (χ4n) is 6.40. The van der Waals surface area contributed by atoms with E-state index in [2.05, 4.69) is 16.1 Å². The zero-order chi connectivity index (χ0) is 38.9. The van der Waals surface area contributed by atoms with Crippen molar-refractivity contribution in [2.24, 2.45) is 0 Å². The average Bonchev–Trinajstić information content (AvgIpc) is 3.66. The van der Waals surface area contributed by atoms with E-state index in [0.29, 0.717) is 16.4 Å². The molecule has 1 saturated heterocycles. The minimum atomic E-state index is -4.64. The van der Waals surface area contributed by atoms with Gasteiger partial charge in [0.15, 0.2) is 0 Å². The number of nitrogens with zero attached hydrogens (tertiary/aromatic N) is 2. The summed E-state index contributed by atoms with van der Waals surface area (Å²) in [6, 6.07) is 33.3. The van der Waals surface area contributed by atoms with Gasteiger partial charge in [-0.1, -0.05) is 126 Å². The van der Waals surface area contributed by atoms with Gasteiger partial charge in [0.25, 0.3) is 16.1 Å². The molecule has 1 aliphatic rings. The highest BCUT2D eigenvalue weighted by Crippen LogP contribution is 2.37. The number of nitrogens with one attached hydrogen (secondary N) is 3. The molecule has 5 rings (SSSR count). The molecule has 0 aromatic heterocycles. The number of aliphatic carboxylic acids is 1. The maximum absolute atomic E-state index is 14.4. The molecule has 1 heterocycles. The number of amides is 3. The van der Waals surface area contributed by atoms with Crippen LogP contribution in [0.2, 0.25) is 0 Å². The lowest BCUT2D eigenvalue weighted by molar-refractivity contribution is -0.140. The van der Waals surface area contributed by atoms with Gasteiger partial charge in [-0.2, -0.15) is 12.7 Å². The number of carbonyl (C=O) groups excluding carboxylic acids is 3. The number of carboxylic acids is 1. The van der Waals surface area contributed by atoms with Crippen molar-refractivity contribution in [2.45, 2.75) is 69.8 Å². The van der Waals surface area contributed by atoms with Crippen molar-refractivity contribution in [3.8, 4) is 0 Å². The molecule has 0 radical (unpaired) electrons. The monoisotopic (exact) mass is 755 g/mol. The molecule has 54 heavy (non-hydrogen) atoms. The number of hydrazine groups is 1. The van der Waals surface area contributed by atoms with Crippen LogP contribution in [-0.2, 0) is 41.4 Å². The predicted octanol–water partition coefficient (Wildman–Crippen LogP) is 4.71. The minimum absolute atomic E-state index is 0.0804. The van der Waals surface area contributed by atoms with Crippen LogP contribution in [0, 0.1) is 0 Å². The first-order chi connectivity index (χ1) is 25.7. The van der Waals surface area contributed by atoms with Gasteiger partial charge in [-0.3, -0.25) is 19.8 Å². The van der Waals surface area contributed by atoms with Crippen LogP contribution in [0.15, 0.2) is 121 Å². The lowest BCUT2D eigenvalue weighted by Gasteiger charge is -2.37. The van der Waals surface area contributed by atoms with Gasteiger partial charge in [-0.15, -0.1) is 0 Å². The number of hydrogen-bond acceptors (Lipinski definition) is 7. The Morgan fingerprint density at radius 2 is 1.30 bits per heavy atom. The summed E-state index contributed by atoms with van der Waals surface area (Å²) in [5.74, 6) is -3.03. The Hall–Kier alpha value is -5.57. The topological polar surface area (TPSA) is 174 Å². The summed E-state index contributed by atoms with van der Waals surface area (Å²) < 4.78 is 35.1. The second-order valence-corrected chi connectivity index (χ2v) is 15.7. The van der Waals surface area contributed by atoms with Crippen molar-refractivity contribution in [3.05, 3.63) is 144 Å². The third kappa shape index (κ3) is 9.50. The fraction of sp³-hybridized carbons (Fsp3) is 0.300. The predicted molar refractivity (Wildman–Crippen MR) is 202 cm³/mol. The molecule has 4 aromatic rings. The highest BCUT2D eigenvalue weighted by atomic mass is 32.2. The minimum Gasteiger partial charge on any atom is -0.480 e. The van der Waals surface area contributed by atoms with Crippen LogP contribution >= 0.6 is 0 Å². The molecule has 1 aliphatic heterocycles. The van der Waals surface area contributed by atoms with Crippen molar-refractivity contribution in [1.29, 1.82) is 0 Å². The quantitative estimate of drug-likeness (QED) is 0.106. The van der Waals surface area contributed by atoms with Crippen LogP contribution < -0.4 is 16.1 Å². The lowest BCUT2D eigenvalue weighted by Crippen LogP contribution is -2.59. The van der Waals surface area contributed by atoms with Crippen molar-refractivity contribution < 1.29 is 37.4 Å². The first kappa shape index (κ1) is 39.6. The Labute approximate surface area is 315 Å². The highest BCUT2D eigenvalue weighted by molar-refractivity contribution is 7.86. The summed E-state index contributed by atoms with van der Waals surface area (Å²) in [4.78, 5) is 53.8. The van der Waals surface area contributed by atoms with Crippen LogP contribution in [0.3, 0.4) is 0 Å². The molecule has 4 N–H and O–H groups in total. The normalized spacial score (nSPS) is 15.6. The molecular formula is C40H45N5O8S. The molecule has 0 saturated carbocycles. The van der Waals surface area contributed by atoms with E-state index >= 15 is 0 Å². The van der Waals surface area contributed by atoms with Gasteiger partial charge in [0.05, 0.1) is 13.0 Å². The van der Waals surface area contributed by atoms with E-state index in [1.165, 1.54) is 0 Å². The maximum Gasteiger partial charge on any atom is 0.408 e. The van der Waals surface area contributed by atoms with E-state index in [0.717, 1.165) is 21.0 Å². The molecule has 284 valence electrons. The number of rotatable bonds is 14. The lowest BCUT2D eigenvalue weighted by atomic mass is 9.77. The fourth-order valence-corrected chi connectivity index (χ4v) is 8.05. The third-order valence-electron chi connectivity index (χ3n) is 8.81. The number of carboxylic acid groups (broad SMARTS) is 1. The molecule has 0 spiro atoms. The summed E-state index contributed by atoms with van der Waals surface area (Å²) in [6.07, 6.45) is -1.26. The second kappa shape index (κ2) is 17.1. The smallest absolute Gasteiger partial charge is 0.408 e. The first-order valence-corrected chi connectivity index (χ1v) is 18.9. The number of ether oxygens (including phenoxy) is 1. The second-order valence-electron chi connectivity index (χ2n) is 13.9. The van der Waals surface area contributed by atoms with Crippen LogP contribution in [-0.4, -0.2) is 70.4 Å². The summed E-state index contributed by atoms with van der Waals surface area (Å²) >= 11 is 0. The molecule has 1 fully saturated rings. The van der Waals surface area contributed by atoms with Crippen molar-refractivity contribution in [3.63, 3.8) is 0 Å². The van der Waals surface area contributed by atoms with Crippen LogP contribution in [0.25, 0.3) is 0 Å². The van der Waals surface area contributed by atoms with Gasteiger partial charge in [0.1, 0.15) is 23.2 Å². The van der Waals surface area contributed by atoms with Crippen molar-refractivity contribution >= 4 is 34.1 Å². The molecule has 2 atom stereocenters. The van der Waals surface area contributed by atoms with Gasteiger partial charge in [-0.25, -0.2) is 4.79 Å². The molecule has 0 unspecified atom stereocenters. The Kier molecular flexibility index (Phi) is 12.5. The van der Waals surface area contributed by atoms with Crippen LogP contribution in [0.5, 0.6) is 0 Å². The summed E-state index contributed by atoms with van der Waals surface area (Å²) in [6.45, 7) is 4.44. The molecule has 4 aromatic carbocycles. The van der Waals surface area contributed by atoms with E-state index in [-0.39, 0.29) is 19.5 Å². The van der Waals surface area contributed by atoms with E-state index in [1.54, 1.807) is 51.1 Å². The largest absolute Gasteiger partial charge is 0.480 e. The van der Waals surface area contributed by atoms with Gasteiger partial charge in [0.2, 0.25) is 5.91 Å². The van der Waals surface area contributed by atoms with Gasteiger partial charge >= 0.3 is 12.1 Å². The molecule has 13 nitrogen and oxygen atoms in total. The molecule has 0 aliphatic carbocycles. The summed E-state index contributed by atoms with van der Waals surface area (Å²) in [5.41, 5.74) is 2.81. The maximum atomic E-state index is 14.4. The van der Waals surface area contributed by atoms with Gasteiger partial charge in [0, 0.05) is 6.54 Å². The number of benzene rings is 4. The Morgan fingerprint density at radius 1 is 0.815 bits per heavy atom. The van der Waals surface area contributed by atoms with Crippen molar-refractivity contribution in [2.75, 3.05) is 6.54 Å². The highest BCUT2D eigenvalue weighted by Gasteiger charge is 2.44. The van der Waals surface area contributed by atoms with Gasteiger partial charge < -0.3 is 20.5 Å². The summed E-state index contributed by atoms with van der Waals surface area (Å²) in [7, 11) is -4.64. The van der Waals surface area contributed by atoms with E-state index in [4.69, 9.17) is 4.74 Å². The standard InChI is InChI=1S/C40H45N5O8S/c1-39(2,3)53-38(50)41-33(36(47)43-45(28-29-17-8-4-9-18-29)54(51,52)44-26-16-25-34(44)37(48)49)27-35(46)42-40(30-19-10-5-11-20-30,31-21-12-6-13-22-31)32-23-14-7-15-24-32/h4-15,17-24,33-34H,16,25-28H2,1-3H3,(H,41,50)(H,42,46)(H,43,47)(H,48,49)/t33-,34-/m0/s1. The molecule has 14 heteroatoms. The zero-order valence-corrected chi connectivity index (χ0v) is 31.2. The van der Waals surface area contributed by atoms with E-state index in [9.17, 15) is 32.7 Å². The van der Waals surface area contributed by atoms with Crippen LogP contribution in [0.4, 0.5) is 4.79 Å². The number of carbonyl (C=O) groups is 4. The van der Waals surface area contributed by atoms with Crippen molar-refractivity contribution in [1.82, 2.24) is 24.8 Å². The summed E-state index contributed by atoms with van der Waals surface area (Å²) in [5, 5.41) is 15.4. The molecule has 3 amide bonds. The Bertz CT molecular complexity index is 1910. The van der Waals surface area contributed by atoms with E-state index < -0.39 is 63.7 Å². The van der Waals surface area contributed by atoms with Gasteiger partial charge in [-0.05, 0) is 55.9 Å². The Morgan fingerprint density at radius 3 is 1.76 bits per heavy atom. The number of alkyl carbamates (subject to hydrolysis) is 1. The molecular weight excluding hydrogens is 711 g/mol. The SMILES string of the molecule is CC(C)(C)OC(=O)N[C@@H](CC(=O)NC(c1ccccc1)(c1ccccc1)c1ccccc1)C(=O)NN(Cc1ccccc1)S(=O)(=O)N1CCC[C@H]1C(=O)O. The zero-order valence-electron chi connectivity index (χ0n) is 30.3.